The van der Waals surface area contributed by atoms with Gasteiger partial charge in [-0.05, 0) is 55.9 Å². The van der Waals surface area contributed by atoms with E-state index in [2.05, 4.69) is 22.1 Å². The summed E-state index contributed by atoms with van der Waals surface area (Å²) in [5.41, 5.74) is 2.65. The molecule has 0 spiro atoms. The molecule has 0 fully saturated rings. The maximum absolute atomic E-state index is 12.9. The van der Waals surface area contributed by atoms with Crippen molar-refractivity contribution in [2.45, 2.75) is 63.8 Å². The number of ether oxygens (including phenoxy) is 2. The normalized spacial score (nSPS) is 13.2. The minimum absolute atomic E-state index is 0.122. The summed E-state index contributed by atoms with van der Waals surface area (Å²) in [6, 6.07) is 7.81. The molecule has 4 rings (SSSR count). The smallest absolute Gasteiger partial charge is 0.341 e. The molecule has 10 heteroatoms. The standard InChI is InChI=1S/C27H32N4O4S2/c1-4-14-31-22(16-35-19-11-9-10-18(2)15-19)29-30-27(31)36-17-23(32)28-25-24(26(33)34-3)20-12-7-5-6-8-13-21(20)37-25/h4,9-11,15H,1,5-8,12-14,16-17H2,2-3H3,(H,28,32). The first-order valence-electron chi connectivity index (χ1n) is 12.4. The number of carbonyl (C=O) groups is 2. The van der Waals surface area contributed by atoms with Crippen LogP contribution < -0.4 is 10.1 Å². The van der Waals surface area contributed by atoms with Gasteiger partial charge in [0.1, 0.15) is 17.4 Å². The van der Waals surface area contributed by atoms with Crippen LogP contribution in [0.25, 0.3) is 0 Å². The van der Waals surface area contributed by atoms with Gasteiger partial charge in [0.15, 0.2) is 11.0 Å². The number of hydrogen-bond acceptors (Lipinski definition) is 8. The molecule has 8 nitrogen and oxygen atoms in total. The van der Waals surface area contributed by atoms with Crippen molar-refractivity contribution in [1.29, 1.82) is 0 Å². The van der Waals surface area contributed by atoms with Gasteiger partial charge in [0.2, 0.25) is 5.91 Å². The fourth-order valence-corrected chi connectivity index (χ4v) is 6.38. The van der Waals surface area contributed by atoms with Crippen LogP contribution in [0.5, 0.6) is 5.75 Å². The molecule has 0 unspecified atom stereocenters. The number of methoxy groups -OCH3 is 1. The average molecular weight is 541 g/mol. The summed E-state index contributed by atoms with van der Waals surface area (Å²) in [5, 5.41) is 12.7. The lowest BCUT2D eigenvalue weighted by Crippen LogP contribution is -2.17. The quantitative estimate of drug-likeness (QED) is 0.203. The van der Waals surface area contributed by atoms with Gasteiger partial charge in [-0.25, -0.2) is 4.79 Å². The molecule has 2 aromatic heterocycles. The molecule has 1 aliphatic carbocycles. The maximum Gasteiger partial charge on any atom is 0.341 e. The molecule has 0 aliphatic heterocycles. The fourth-order valence-electron chi connectivity index (χ4n) is 4.32. The first kappa shape index (κ1) is 26.9. The Balaban J connectivity index is 1.44. The number of nitrogens with zero attached hydrogens (tertiary/aromatic N) is 3. The van der Waals surface area contributed by atoms with E-state index in [1.165, 1.54) is 41.5 Å². The van der Waals surface area contributed by atoms with Crippen LogP contribution in [0, 0.1) is 6.92 Å². The average Bonchev–Trinajstić information content (AvgIpc) is 3.41. The zero-order valence-corrected chi connectivity index (χ0v) is 22.9. The summed E-state index contributed by atoms with van der Waals surface area (Å²) in [4.78, 5) is 26.7. The molecule has 1 aromatic carbocycles. The van der Waals surface area contributed by atoms with E-state index >= 15 is 0 Å². The second-order valence-corrected chi connectivity index (χ2v) is 10.9. The van der Waals surface area contributed by atoms with Gasteiger partial charge in [-0.3, -0.25) is 9.36 Å². The number of carbonyl (C=O) groups excluding carboxylic acids is 2. The van der Waals surface area contributed by atoms with E-state index in [0.717, 1.165) is 49.0 Å². The number of esters is 1. The molecule has 1 aliphatic rings. The second kappa shape index (κ2) is 12.9. The number of thioether (sulfide) groups is 1. The van der Waals surface area contributed by atoms with Crippen molar-refractivity contribution < 1.29 is 19.1 Å². The Morgan fingerprint density at radius 2 is 2.03 bits per heavy atom. The Bertz CT molecular complexity index is 1270. The van der Waals surface area contributed by atoms with Crippen LogP contribution in [-0.4, -0.2) is 39.5 Å². The van der Waals surface area contributed by atoms with E-state index in [1.54, 1.807) is 6.08 Å². The van der Waals surface area contributed by atoms with Crippen LogP contribution in [0.15, 0.2) is 42.1 Å². The number of aryl methyl sites for hydroxylation is 2. The second-order valence-electron chi connectivity index (χ2n) is 8.85. The van der Waals surface area contributed by atoms with E-state index < -0.39 is 5.97 Å². The van der Waals surface area contributed by atoms with Crippen LogP contribution in [0.4, 0.5) is 5.00 Å². The topological polar surface area (TPSA) is 95.3 Å². The molecule has 0 saturated heterocycles. The van der Waals surface area contributed by atoms with Crippen molar-refractivity contribution in [3.8, 4) is 5.75 Å². The lowest BCUT2D eigenvalue weighted by atomic mass is 9.96. The summed E-state index contributed by atoms with van der Waals surface area (Å²) in [6.07, 6.45) is 7.97. The van der Waals surface area contributed by atoms with Gasteiger partial charge < -0.3 is 14.8 Å². The van der Waals surface area contributed by atoms with Crippen LogP contribution in [0.3, 0.4) is 0 Å². The highest BCUT2D eigenvalue weighted by atomic mass is 32.2. The lowest BCUT2D eigenvalue weighted by molar-refractivity contribution is -0.113. The number of fused-ring (bicyclic) bond motifs is 1. The first-order chi connectivity index (χ1) is 18.0. The zero-order valence-electron chi connectivity index (χ0n) is 21.2. The number of aromatic nitrogens is 3. The highest BCUT2D eigenvalue weighted by molar-refractivity contribution is 7.99. The number of amides is 1. The fraction of sp³-hybridized carbons (Fsp3) is 0.407. The summed E-state index contributed by atoms with van der Waals surface area (Å²) >= 11 is 2.78. The monoisotopic (exact) mass is 540 g/mol. The maximum atomic E-state index is 12.9. The number of nitrogens with one attached hydrogen (secondary N) is 1. The largest absolute Gasteiger partial charge is 0.486 e. The number of allylic oxidation sites excluding steroid dienone is 1. The summed E-state index contributed by atoms with van der Waals surface area (Å²) in [6.45, 7) is 6.58. The highest BCUT2D eigenvalue weighted by Gasteiger charge is 2.26. The number of rotatable bonds is 10. The minimum atomic E-state index is -0.398. The van der Waals surface area contributed by atoms with E-state index in [4.69, 9.17) is 9.47 Å². The third-order valence-corrected chi connectivity index (χ3v) is 8.28. The molecule has 0 radical (unpaired) electrons. The van der Waals surface area contributed by atoms with Crippen molar-refractivity contribution >= 4 is 40.0 Å². The van der Waals surface area contributed by atoms with Gasteiger partial charge in [-0.2, -0.15) is 0 Å². The third-order valence-electron chi connectivity index (χ3n) is 6.11. The molecule has 0 atom stereocenters. The molecule has 2 heterocycles. The van der Waals surface area contributed by atoms with Gasteiger partial charge in [-0.15, -0.1) is 28.1 Å². The molecule has 0 bridgehead atoms. The molecule has 0 saturated carbocycles. The third kappa shape index (κ3) is 6.81. The molecular weight excluding hydrogens is 508 g/mol. The van der Waals surface area contributed by atoms with Crippen molar-refractivity contribution in [2.24, 2.45) is 0 Å². The van der Waals surface area contributed by atoms with Crippen LogP contribution in [0.1, 0.15) is 57.9 Å². The Morgan fingerprint density at radius 1 is 1.22 bits per heavy atom. The molecule has 3 aromatic rings. The Labute approximate surface area is 225 Å². The van der Waals surface area contributed by atoms with Gasteiger partial charge in [0.05, 0.1) is 18.4 Å². The zero-order chi connectivity index (χ0) is 26.2. The predicted molar refractivity (Wildman–Crippen MR) is 147 cm³/mol. The molecule has 37 heavy (non-hydrogen) atoms. The highest BCUT2D eigenvalue weighted by Crippen LogP contribution is 2.37. The molecule has 196 valence electrons. The van der Waals surface area contributed by atoms with E-state index in [1.807, 2.05) is 35.8 Å². The summed E-state index contributed by atoms with van der Waals surface area (Å²) in [5.74, 6) is 0.917. The predicted octanol–water partition coefficient (Wildman–Crippen LogP) is 5.59. The Hall–Kier alpha value is -3.11. The van der Waals surface area contributed by atoms with E-state index in [-0.39, 0.29) is 18.3 Å². The van der Waals surface area contributed by atoms with E-state index in [0.29, 0.717) is 28.1 Å². The van der Waals surface area contributed by atoms with Crippen molar-refractivity contribution in [2.75, 3.05) is 18.2 Å². The minimum Gasteiger partial charge on any atom is -0.486 e. The summed E-state index contributed by atoms with van der Waals surface area (Å²) in [7, 11) is 1.38. The van der Waals surface area contributed by atoms with Gasteiger partial charge in [0, 0.05) is 11.4 Å². The van der Waals surface area contributed by atoms with Crippen LogP contribution in [-0.2, 0) is 35.5 Å². The van der Waals surface area contributed by atoms with Crippen molar-refractivity contribution in [3.05, 3.63) is 64.3 Å². The van der Waals surface area contributed by atoms with Gasteiger partial charge >= 0.3 is 5.97 Å². The molecule has 1 amide bonds. The van der Waals surface area contributed by atoms with Crippen LogP contribution >= 0.6 is 23.1 Å². The van der Waals surface area contributed by atoms with Crippen molar-refractivity contribution in [3.63, 3.8) is 0 Å². The van der Waals surface area contributed by atoms with Gasteiger partial charge in [0.25, 0.3) is 0 Å². The SMILES string of the molecule is C=CCn1c(COc2cccc(C)c2)nnc1SCC(=O)Nc1sc2c(c1C(=O)OC)CCCCCC2. The molecule has 1 N–H and O–H groups in total. The first-order valence-corrected chi connectivity index (χ1v) is 14.2. The lowest BCUT2D eigenvalue weighted by Gasteiger charge is -2.11. The molecular formula is C27H32N4O4S2. The van der Waals surface area contributed by atoms with Crippen molar-refractivity contribution in [1.82, 2.24) is 14.8 Å². The number of anilines is 1. The van der Waals surface area contributed by atoms with Crippen LogP contribution in [0.2, 0.25) is 0 Å². The van der Waals surface area contributed by atoms with E-state index in [9.17, 15) is 9.59 Å². The Kier molecular flexibility index (Phi) is 9.40. The number of benzene rings is 1. The number of thiophene rings is 1. The summed E-state index contributed by atoms with van der Waals surface area (Å²) < 4.78 is 12.8. The number of hydrogen-bond donors (Lipinski definition) is 1. The Morgan fingerprint density at radius 3 is 2.78 bits per heavy atom. The van der Waals surface area contributed by atoms with Gasteiger partial charge in [-0.1, -0.05) is 42.8 Å².